The van der Waals surface area contributed by atoms with Crippen LogP contribution in [0, 0.1) is 0 Å². The molecule has 7 nitrogen and oxygen atoms in total. The van der Waals surface area contributed by atoms with Gasteiger partial charge in [-0.25, -0.2) is 4.79 Å². The lowest BCUT2D eigenvalue weighted by Crippen LogP contribution is -2.42. The quantitative estimate of drug-likeness (QED) is 0.358. The van der Waals surface area contributed by atoms with Crippen molar-refractivity contribution in [3.63, 3.8) is 0 Å². The molecule has 0 aliphatic carbocycles. The van der Waals surface area contributed by atoms with Crippen molar-refractivity contribution in [2.45, 2.75) is 58.0 Å². The second-order valence-corrected chi connectivity index (χ2v) is 5.16. The fourth-order valence-electron chi connectivity index (χ4n) is 2.09. The van der Waals surface area contributed by atoms with Gasteiger partial charge in [0.2, 0.25) is 0 Å². The summed E-state index contributed by atoms with van der Waals surface area (Å²) >= 11 is 0. The lowest BCUT2D eigenvalue weighted by atomic mass is 10.0. The van der Waals surface area contributed by atoms with E-state index >= 15 is 0 Å². The maximum absolute atomic E-state index is 11.6. The molecule has 128 valence electrons. The zero-order chi connectivity index (χ0) is 17.4. The number of rotatable bonds is 3. The fourth-order valence-corrected chi connectivity index (χ4v) is 2.09. The van der Waals surface area contributed by atoms with Gasteiger partial charge >= 0.3 is 17.9 Å². The molecule has 0 fully saturated rings. The third-order valence-corrected chi connectivity index (χ3v) is 3.11. The first-order valence-electron chi connectivity index (χ1n) is 7.40. The number of cyclic esters (lactones) is 1. The van der Waals surface area contributed by atoms with Crippen molar-refractivity contribution in [1.82, 2.24) is 0 Å². The standard InChI is InChI=1S/C16H22O7/c1-4-5-14(18)23-13-7-6-10(2)21-15(19)9-8-12(16(13)20)22-11(3)17/h4-7,10,12-13,16,20H,8-9H2,1-3H3/b5-4+,7-6?/t10-,12+,13+,16-/m1/s1. The predicted octanol–water partition coefficient (Wildman–Crippen LogP) is 1.05. The molecule has 1 aliphatic rings. The highest BCUT2D eigenvalue weighted by molar-refractivity contribution is 5.82. The van der Waals surface area contributed by atoms with E-state index in [9.17, 15) is 19.5 Å². The van der Waals surface area contributed by atoms with Gasteiger partial charge < -0.3 is 19.3 Å². The van der Waals surface area contributed by atoms with Crippen LogP contribution in [-0.2, 0) is 28.6 Å². The number of aliphatic hydroxyl groups is 1. The molecular formula is C16H22O7. The fraction of sp³-hybridized carbons (Fsp3) is 0.562. The number of allylic oxidation sites excluding steroid dienone is 1. The highest BCUT2D eigenvalue weighted by atomic mass is 16.6. The summed E-state index contributed by atoms with van der Waals surface area (Å²) < 4.78 is 15.3. The lowest BCUT2D eigenvalue weighted by Gasteiger charge is -2.28. The molecule has 0 radical (unpaired) electrons. The van der Waals surface area contributed by atoms with Crippen LogP contribution in [0.1, 0.15) is 33.6 Å². The average molecular weight is 326 g/mol. The summed E-state index contributed by atoms with van der Waals surface area (Å²) in [6, 6.07) is 0. The van der Waals surface area contributed by atoms with Crippen molar-refractivity contribution >= 4 is 17.9 Å². The molecule has 4 atom stereocenters. The van der Waals surface area contributed by atoms with Gasteiger partial charge in [-0.2, -0.15) is 0 Å². The van der Waals surface area contributed by atoms with E-state index in [1.807, 2.05) is 0 Å². The Morgan fingerprint density at radius 1 is 1.35 bits per heavy atom. The normalized spacial score (nSPS) is 29.0. The second kappa shape index (κ2) is 9.09. The molecule has 0 spiro atoms. The molecule has 0 unspecified atom stereocenters. The van der Waals surface area contributed by atoms with Crippen molar-refractivity contribution in [1.29, 1.82) is 0 Å². The zero-order valence-electron chi connectivity index (χ0n) is 13.4. The summed E-state index contributed by atoms with van der Waals surface area (Å²) in [7, 11) is 0. The van der Waals surface area contributed by atoms with Gasteiger partial charge in [0.25, 0.3) is 0 Å². The Morgan fingerprint density at radius 2 is 2.04 bits per heavy atom. The Morgan fingerprint density at radius 3 is 2.65 bits per heavy atom. The van der Waals surface area contributed by atoms with Crippen LogP contribution < -0.4 is 0 Å². The van der Waals surface area contributed by atoms with Crippen molar-refractivity contribution in [2.24, 2.45) is 0 Å². The Hall–Kier alpha value is -2.15. The van der Waals surface area contributed by atoms with E-state index < -0.39 is 42.3 Å². The number of ether oxygens (including phenoxy) is 3. The molecule has 0 saturated carbocycles. The van der Waals surface area contributed by atoms with Gasteiger partial charge in [0.05, 0.1) is 0 Å². The van der Waals surface area contributed by atoms with E-state index in [0.717, 1.165) is 0 Å². The van der Waals surface area contributed by atoms with Crippen molar-refractivity contribution in [3.05, 3.63) is 24.3 Å². The number of hydrogen-bond acceptors (Lipinski definition) is 7. The molecule has 0 bridgehead atoms. The Kier molecular flexibility index (Phi) is 7.47. The highest BCUT2D eigenvalue weighted by Gasteiger charge is 2.32. The van der Waals surface area contributed by atoms with Gasteiger partial charge in [-0.1, -0.05) is 6.08 Å². The van der Waals surface area contributed by atoms with Crippen LogP contribution in [0.3, 0.4) is 0 Å². The van der Waals surface area contributed by atoms with Gasteiger partial charge in [-0.3, -0.25) is 9.59 Å². The first-order valence-corrected chi connectivity index (χ1v) is 7.40. The summed E-state index contributed by atoms with van der Waals surface area (Å²) in [5.41, 5.74) is 0. The first kappa shape index (κ1) is 18.9. The third kappa shape index (κ3) is 6.65. The minimum absolute atomic E-state index is 0.0251. The van der Waals surface area contributed by atoms with E-state index in [2.05, 4.69) is 0 Å². The van der Waals surface area contributed by atoms with Gasteiger partial charge in [0, 0.05) is 19.4 Å². The molecule has 1 aliphatic heterocycles. The molecule has 1 rings (SSSR count). The van der Waals surface area contributed by atoms with Crippen LogP contribution in [0.4, 0.5) is 0 Å². The molecule has 23 heavy (non-hydrogen) atoms. The molecule has 0 aromatic rings. The van der Waals surface area contributed by atoms with Crippen LogP contribution in [0.25, 0.3) is 0 Å². The molecule has 0 aromatic carbocycles. The second-order valence-electron chi connectivity index (χ2n) is 5.16. The third-order valence-electron chi connectivity index (χ3n) is 3.11. The average Bonchev–Trinajstić information content (AvgIpc) is 2.46. The van der Waals surface area contributed by atoms with Crippen molar-refractivity contribution in [3.8, 4) is 0 Å². The predicted molar refractivity (Wildman–Crippen MR) is 80.2 cm³/mol. The first-order chi connectivity index (χ1) is 10.8. The topological polar surface area (TPSA) is 99.1 Å². The number of aliphatic hydroxyl groups excluding tert-OH is 1. The van der Waals surface area contributed by atoms with Gasteiger partial charge in [-0.15, -0.1) is 0 Å². The monoisotopic (exact) mass is 326 g/mol. The van der Waals surface area contributed by atoms with Crippen LogP contribution in [0.15, 0.2) is 24.3 Å². The Bertz CT molecular complexity index is 495. The van der Waals surface area contributed by atoms with E-state index in [-0.39, 0.29) is 12.8 Å². The van der Waals surface area contributed by atoms with E-state index in [1.54, 1.807) is 13.8 Å². The molecule has 1 heterocycles. The maximum Gasteiger partial charge on any atom is 0.331 e. The van der Waals surface area contributed by atoms with E-state index in [4.69, 9.17) is 14.2 Å². The molecule has 0 amide bonds. The summed E-state index contributed by atoms with van der Waals surface area (Å²) in [6.45, 7) is 4.50. The molecule has 1 N–H and O–H groups in total. The highest BCUT2D eigenvalue weighted by Crippen LogP contribution is 2.18. The van der Waals surface area contributed by atoms with Gasteiger partial charge in [-0.05, 0) is 32.4 Å². The number of esters is 3. The lowest BCUT2D eigenvalue weighted by molar-refractivity contribution is -0.165. The SMILES string of the molecule is C/C=C/C(=O)O[C@H]1C=C[C@@H](C)OC(=O)CC[C@H](OC(C)=O)[C@H]1O. The summed E-state index contributed by atoms with van der Waals surface area (Å²) in [5.74, 6) is -1.70. The molecular weight excluding hydrogens is 304 g/mol. The smallest absolute Gasteiger partial charge is 0.331 e. The molecule has 0 saturated heterocycles. The van der Waals surface area contributed by atoms with Crippen LogP contribution in [-0.4, -0.2) is 47.4 Å². The van der Waals surface area contributed by atoms with Gasteiger partial charge in [0.1, 0.15) is 24.4 Å². The minimum atomic E-state index is -1.29. The Balaban J connectivity index is 3.01. The summed E-state index contributed by atoms with van der Waals surface area (Å²) in [4.78, 5) is 34.4. The van der Waals surface area contributed by atoms with Crippen LogP contribution in [0.5, 0.6) is 0 Å². The Labute approximate surface area is 134 Å². The van der Waals surface area contributed by atoms with Crippen LogP contribution >= 0.6 is 0 Å². The zero-order valence-corrected chi connectivity index (χ0v) is 13.4. The van der Waals surface area contributed by atoms with E-state index in [1.165, 1.54) is 31.2 Å². The summed E-state index contributed by atoms with van der Waals surface area (Å²) in [6.07, 6.45) is 1.86. The van der Waals surface area contributed by atoms with Crippen molar-refractivity contribution in [2.75, 3.05) is 0 Å². The molecule has 0 aromatic heterocycles. The number of carbonyl (C=O) groups excluding carboxylic acids is 3. The number of hydrogen-bond donors (Lipinski definition) is 1. The number of carbonyl (C=O) groups is 3. The van der Waals surface area contributed by atoms with Crippen LogP contribution in [0.2, 0.25) is 0 Å². The van der Waals surface area contributed by atoms with Crippen molar-refractivity contribution < 1.29 is 33.7 Å². The van der Waals surface area contributed by atoms with E-state index in [0.29, 0.717) is 0 Å². The molecule has 7 heteroatoms. The largest absolute Gasteiger partial charge is 0.460 e. The maximum atomic E-state index is 11.6. The summed E-state index contributed by atoms with van der Waals surface area (Å²) in [5, 5.41) is 10.4. The minimum Gasteiger partial charge on any atom is -0.460 e. The van der Waals surface area contributed by atoms with Gasteiger partial charge in [0.15, 0.2) is 0 Å².